The van der Waals surface area contributed by atoms with E-state index in [0.717, 1.165) is 25.7 Å². The Morgan fingerprint density at radius 3 is 2.38 bits per heavy atom. The smallest absolute Gasteiger partial charge is 0.331 e. The zero-order valence-corrected chi connectivity index (χ0v) is 19.1. The lowest BCUT2D eigenvalue weighted by molar-refractivity contribution is -0.142. The first-order valence-corrected chi connectivity index (χ1v) is 12.2. The number of benzene rings is 2. The van der Waals surface area contributed by atoms with Crippen LogP contribution < -0.4 is 5.32 Å². The van der Waals surface area contributed by atoms with Gasteiger partial charge < -0.3 is 10.1 Å². The number of ether oxygens (including phenoxy) is 1. The molecule has 0 unspecified atom stereocenters. The molecule has 1 saturated heterocycles. The first-order valence-electron chi connectivity index (χ1n) is 10.3. The predicted molar refractivity (Wildman–Crippen MR) is 124 cm³/mol. The Kier molecular flexibility index (Phi) is 8.44. The molecule has 1 amide bonds. The van der Waals surface area contributed by atoms with Gasteiger partial charge in [-0.1, -0.05) is 42.6 Å². The Hall–Kier alpha value is -2.68. The van der Waals surface area contributed by atoms with E-state index < -0.39 is 28.5 Å². The SMILES string of the molecule is O=C(COC(=O)C=Cc1ccc(S(=O)(=O)N2CCCCCC2)cc1)Nc1cccc(Cl)c1. The Morgan fingerprint density at radius 1 is 1.03 bits per heavy atom. The average molecular weight is 477 g/mol. The minimum absolute atomic E-state index is 0.233. The minimum atomic E-state index is -3.52. The maximum absolute atomic E-state index is 12.8. The molecule has 0 spiro atoms. The second kappa shape index (κ2) is 11.3. The molecule has 1 fully saturated rings. The van der Waals surface area contributed by atoms with Crippen molar-refractivity contribution >= 4 is 45.3 Å². The fourth-order valence-electron chi connectivity index (χ4n) is 3.29. The van der Waals surface area contributed by atoms with E-state index in [1.807, 2.05) is 0 Å². The molecular weight excluding hydrogens is 452 g/mol. The number of esters is 1. The topological polar surface area (TPSA) is 92.8 Å². The van der Waals surface area contributed by atoms with E-state index in [-0.39, 0.29) is 4.90 Å². The molecule has 0 saturated carbocycles. The van der Waals surface area contributed by atoms with Gasteiger partial charge >= 0.3 is 5.97 Å². The van der Waals surface area contributed by atoms with Crippen molar-refractivity contribution in [3.05, 3.63) is 65.2 Å². The summed E-state index contributed by atoms with van der Waals surface area (Å²) in [5.41, 5.74) is 1.14. The van der Waals surface area contributed by atoms with Gasteiger partial charge in [0.1, 0.15) is 0 Å². The fourth-order valence-corrected chi connectivity index (χ4v) is 5.00. The minimum Gasteiger partial charge on any atom is -0.452 e. The van der Waals surface area contributed by atoms with Gasteiger partial charge in [0.25, 0.3) is 5.91 Å². The van der Waals surface area contributed by atoms with Crippen LogP contribution in [-0.4, -0.2) is 44.3 Å². The van der Waals surface area contributed by atoms with Gasteiger partial charge in [0.15, 0.2) is 6.61 Å². The van der Waals surface area contributed by atoms with Gasteiger partial charge in [-0.25, -0.2) is 13.2 Å². The average Bonchev–Trinajstić information content (AvgIpc) is 3.07. The summed E-state index contributed by atoms with van der Waals surface area (Å²) in [5, 5.41) is 3.06. The van der Waals surface area contributed by atoms with Crippen LogP contribution in [0.2, 0.25) is 5.02 Å². The van der Waals surface area contributed by atoms with Crippen molar-refractivity contribution in [3.8, 4) is 0 Å². The van der Waals surface area contributed by atoms with Crippen LogP contribution in [0.4, 0.5) is 5.69 Å². The molecule has 170 valence electrons. The van der Waals surface area contributed by atoms with Crippen molar-refractivity contribution in [3.63, 3.8) is 0 Å². The van der Waals surface area contributed by atoms with Crippen LogP contribution in [0.15, 0.2) is 59.5 Å². The van der Waals surface area contributed by atoms with Crippen LogP contribution in [0.5, 0.6) is 0 Å². The van der Waals surface area contributed by atoms with Crippen molar-refractivity contribution in [2.75, 3.05) is 25.0 Å². The lowest BCUT2D eigenvalue weighted by atomic mass is 10.2. The Morgan fingerprint density at radius 2 is 1.72 bits per heavy atom. The highest BCUT2D eigenvalue weighted by atomic mass is 35.5. The molecule has 0 bridgehead atoms. The summed E-state index contributed by atoms with van der Waals surface area (Å²) in [6, 6.07) is 12.9. The molecule has 9 heteroatoms. The van der Waals surface area contributed by atoms with Crippen molar-refractivity contribution in [2.24, 2.45) is 0 Å². The molecule has 1 N–H and O–H groups in total. The normalized spacial score (nSPS) is 15.3. The number of carbonyl (C=O) groups is 2. The molecule has 32 heavy (non-hydrogen) atoms. The highest BCUT2D eigenvalue weighted by Crippen LogP contribution is 2.21. The van der Waals surface area contributed by atoms with Crippen LogP contribution in [-0.2, 0) is 24.3 Å². The number of nitrogens with one attached hydrogen (secondary N) is 1. The molecule has 1 heterocycles. The zero-order valence-electron chi connectivity index (χ0n) is 17.5. The number of hydrogen-bond donors (Lipinski definition) is 1. The van der Waals surface area contributed by atoms with Crippen LogP contribution >= 0.6 is 11.6 Å². The summed E-state index contributed by atoms with van der Waals surface area (Å²) in [5.74, 6) is -1.18. The second-order valence-corrected chi connectivity index (χ2v) is 9.76. The van der Waals surface area contributed by atoms with Crippen LogP contribution in [0, 0.1) is 0 Å². The van der Waals surface area contributed by atoms with Crippen LogP contribution in [0.25, 0.3) is 6.08 Å². The van der Waals surface area contributed by atoms with Gasteiger partial charge in [-0.3, -0.25) is 4.79 Å². The highest BCUT2D eigenvalue weighted by molar-refractivity contribution is 7.89. The summed E-state index contributed by atoms with van der Waals surface area (Å²) >= 11 is 5.85. The summed E-state index contributed by atoms with van der Waals surface area (Å²) in [6.07, 6.45) is 6.53. The largest absolute Gasteiger partial charge is 0.452 e. The van der Waals surface area contributed by atoms with Gasteiger partial charge in [0.2, 0.25) is 10.0 Å². The number of anilines is 1. The van der Waals surface area contributed by atoms with E-state index in [2.05, 4.69) is 5.32 Å². The second-order valence-electron chi connectivity index (χ2n) is 7.39. The number of hydrogen-bond acceptors (Lipinski definition) is 5. The van der Waals surface area contributed by atoms with E-state index in [1.54, 1.807) is 36.4 Å². The number of carbonyl (C=O) groups excluding carboxylic acids is 2. The molecular formula is C23H25ClN2O5S. The third-order valence-corrected chi connectivity index (χ3v) is 7.10. The van der Waals surface area contributed by atoms with Crippen molar-refractivity contribution in [1.29, 1.82) is 0 Å². The Balaban J connectivity index is 1.51. The molecule has 0 aliphatic carbocycles. The standard InChI is InChI=1S/C23H25ClN2O5S/c24-19-6-5-7-20(16-19)25-22(27)17-31-23(28)13-10-18-8-11-21(12-9-18)32(29,30)26-14-3-1-2-4-15-26/h5-13,16H,1-4,14-15,17H2,(H,25,27). The van der Waals surface area contributed by atoms with Crippen molar-refractivity contribution < 1.29 is 22.7 Å². The van der Waals surface area contributed by atoms with Gasteiger partial charge in [-0.2, -0.15) is 4.31 Å². The third kappa shape index (κ3) is 6.91. The molecule has 1 aliphatic heterocycles. The third-order valence-electron chi connectivity index (χ3n) is 4.95. The van der Waals surface area contributed by atoms with Crippen LogP contribution in [0.3, 0.4) is 0 Å². The Bertz CT molecular complexity index is 1080. The molecule has 0 atom stereocenters. The van der Waals surface area contributed by atoms with E-state index in [9.17, 15) is 18.0 Å². The van der Waals surface area contributed by atoms with E-state index in [4.69, 9.17) is 16.3 Å². The monoisotopic (exact) mass is 476 g/mol. The number of sulfonamides is 1. The zero-order chi connectivity index (χ0) is 23.0. The van der Waals surface area contributed by atoms with E-state index in [1.165, 1.54) is 28.6 Å². The van der Waals surface area contributed by atoms with Gasteiger partial charge in [0.05, 0.1) is 4.90 Å². The molecule has 2 aromatic rings. The van der Waals surface area contributed by atoms with Gasteiger partial charge in [-0.15, -0.1) is 0 Å². The maximum Gasteiger partial charge on any atom is 0.331 e. The number of nitrogens with zero attached hydrogens (tertiary/aromatic N) is 1. The molecule has 0 radical (unpaired) electrons. The fraction of sp³-hybridized carbons (Fsp3) is 0.304. The lowest BCUT2D eigenvalue weighted by Crippen LogP contribution is -2.31. The maximum atomic E-state index is 12.8. The summed E-state index contributed by atoms with van der Waals surface area (Å²) in [6.45, 7) is 0.643. The number of rotatable bonds is 7. The molecule has 7 nitrogen and oxygen atoms in total. The predicted octanol–water partition coefficient (Wildman–Crippen LogP) is 4.10. The summed E-state index contributed by atoms with van der Waals surface area (Å²) in [4.78, 5) is 24.0. The summed E-state index contributed by atoms with van der Waals surface area (Å²) in [7, 11) is -3.52. The first kappa shape index (κ1) is 24.0. The first-order chi connectivity index (χ1) is 15.3. The molecule has 2 aromatic carbocycles. The molecule has 1 aliphatic rings. The summed E-state index contributed by atoms with van der Waals surface area (Å²) < 4.78 is 32.1. The lowest BCUT2D eigenvalue weighted by Gasteiger charge is -2.19. The van der Waals surface area contributed by atoms with Crippen LogP contribution in [0.1, 0.15) is 31.2 Å². The van der Waals surface area contributed by atoms with E-state index >= 15 is 0 Å². The highest BCUT2D eigenvalue weighted by Gasteiger charge is 2.24. The van der Waals surface area contributed by atoms with E-state index in [0.29, 0.717) is 29.4 Å². The molecule has 3 rings (SSSR count). The quantitative estimate of drug-likeness (QED) is 0.479. The van der Waals surface area contributed by atoms with Crippen molar-refractivity contribution in [2.45, 2.75) is 30.6 Å². The van der Waals surface area contributed by atoms with Gasteiger partial charge in [-0.05, 0) is 54.8 Å². The Labute approximate surface area is 193 Å². The number of amides is 1. The molecule has 0 aromatic heterocycles. The van der Waals surface area contributed by atoms with Crippen molar-refractivity contribution in [1.82, 2.24) is 4.31 Å². The number of halogens is 1. The van der Waals surface area contributed by atoms with Gasteiger partial charge in [0, 0.05) is 29.9 Å².